The molecule has 0 saturated carbocycles. The number of amides is 2. The van der Waals surface area contributed by atoms with E-state index in [4.69, 9.17) is 9.47 Å². The summed E-state index contributed by atoms with van der Waals surface area (Å²) in [5.41, 5.74) is 2.03. The molecule has 1 aliphatic heterocycles. The highest BCUT2D eigenvalue weighted by molar-refractivity contribution is 6.19. The van der Waals surface area contributed by atoms with Crippen molar-refractivity contribution in [3.8, 4) is 17.6 Å². The SMILES string of the molecule is COc1ccc(/C=C2/C(=O)N(Cc3ccccc3)C(=O)C(C#N)=C2C)c(OC)c1. The molecule has 2 amide bonds. The number of nitrogens with zero attached hydrogens (tertiary/aromatic N) is 2. The van der Waals surface area contributed by atoms with Crippen LogP contribution in [0.25, 0.3) is 6.08 Å². The Morgan fingerprint density at radius 2 is 1.76 bits per heavy atom. The second-order valence-electron chi connectivity index (χ2n) is 6.46. The summed E-state index contributed by atoms with van der Waals surface area (Å²) in [7, 11) is 3.07. The fraction of sp³-hybridized carbons (Fsp3) is 0.174. The summed E-state index contributed by atoms with van der Waals surface area (Å²) < 4.78 is 10.6. The minimum Gasteiger partial charge on any atom is -0.497 e. The Balaban J connectivity index is 2.09. The van der Waals surface area contributed by atoms with Crippen LogP contribution < -0.4 is 9.47 Å². The monoisotopic (exact) mass is 388 g/mol. The topological polar surface area (TPSA) is 79.6 Å². The highest BCUT2D eigenvalue weighted by Crippen LogP contribution is 2.32. The van der Waals surface area contributed by atoms with Gasteiger partial charge < -0.3 is 9.47 Å². The summed E-state index contributed by atoms with van der Waals surface area (Å²) in [5.74, 6) is 0.0956. The van der Waals surface area contributed by atoms with Crippen LogP contribution in [0.15, 0.2) is 65.3 Å². The fourth-order valence-corrected chi connectivity index (χ4v) is 3.13. The van der Waals surface area contributed by atoms with Crippen LogP contribution >= 0.6 is 0 Å². The van der Waals surface area contributed by atoms with Crippen molar-refractivity contribution >= 4 is 17.9 Å². The molecule has 0 atom stereocenters. The van der Waals surface area contributed by atoms with Crippen LogP contribution in [0.3, 0.4) is 0 Å². The number of carbonyl (C=O) groups is 2. The van der Waals surface area contributed by atoms with Gasteiger partial charge in [0.2, 0.25) is 0 Å². The van der Waals surface area contributed by atoms with Crippen LogP contribution in [0, 0.1) is 11.3 Å². The van der Waals surface area contributed by atoms with E-state index in [1.54, 1.807) is 38.3 Å². The average Bonchev–Trinajstić information content (AvgIpc) is 2.75. The molecule has 0 N–H and O–H groups in total. The Kier molecular flexibility index (Phi) is 5.79. The fourth-order valence-electron chi connectivity index (χ4n) is 3.13. The molecule has 1 heterocycles. The summed E-state index contributed by atoms with van der Waals surface area (Å²) in [6.07, 6.45) is 1.64. The number of nitriles is 1. The lowest BCUT2D eigenvalue weighted by Crippen LogP contribution is -2.42. The summed E-state index contributed by atoms with van der Waals surface area (Å²) in [5, 5.41) is 9.52. The molecular formula is C23H20N2O4. The van der Waals surface area contributed by atoms with Crippen molar-refractivity contribution in [1.29, 1.82) is 5.26 Å². The minimum absolute atomic E-state index is 0.0424. The molecule has 6 heteroatoms. The molecule has 0 aliphatic carbocycles. The maximum Gasteiger partial charge on any atom is 0.271 e. The van der Waals surface area contributed by atoms with E-state index >= 15 is 0 Å². The molecule has 2 aromatic rings. The van der Waals surface area contributed by atoms with Crippen LogP contribution in [-0.2, 0) is 16.1 Å². The van der Waals surface area contributed by atoms with Gasteiger partial charge in [-0.25, -0.2) is 0 Å². The first-order valence-electron chi connectivity index (χ1n) is 8.95. The van der Waals surface area contributed by atoms with Crippen molar-refractivity contribution in [1.82, 2.24) is 4.90 Å². The van der Waals surface area contributed by atoms with Gasteiger partial charge in [-0.1, -0.05) is 30.3 Å². The van der Waals surface area contributed by atoms with Gasteiger partial charge in [0.15, 0.2) is 0 Å². The van der Waals surface area contributed by atoms with Crippen LogP contribution in [0.2, 0.25) is 0 Å². The standard InChI is InChI=1S/C23H20N2O4/c1-15-19(11-17-9-10-18(28-2)12-21(17)29-3)22(26)25(23(27)20(15)13-24)14-16-7-5-4-6-8-16/h4-12H,14H2,1-3H3/b19-11+. The van der Waals surface area contributed by atoms with Gasteiger partial charge in [0.25, 0.3) is 11.8 Å². The number of ether oxygens (including phenoxy) is 2. The van der Waals surface area contributed by atoms with Gasteiger partial charge in [0.05, 0.1) is 20.8 Å². The van der Waals surface area contributed by atoms with Crippen molar-refractivity contribution in [3.05, 3.63) is 76.4 Å². The normalized spacial score (nSPS) is 15.5. The van der Waals surface area contributed by atoms with E-state index in [0.717, 1.165) is 10.5 Å². The molecule has 0 bridgehead atoms. The zero-order chi connectivity index (χ0) is 21.0. The third-order valence-corrected chi connectivity index (χ3v) is 4.75. The van der Waals surface area contributed by atoms with Crippen LogP contribution in [0.1, 0.15) is 18.1 Å². The highest BCUT2D eigenvalue weighted by atomic mass is 16.5. The van der Waals surface area contributed by atoms with Crippen molar-refractivity contribution in [3.63, 3.8) is 0 Å². The van der Waals surface area contributed by atoms with E-state index in [2.05, 4.69) is 0 Å². The van der Waals surface area contributed by atoms with Gasteiger partial charge in [-0.3, -0.25) is 14.5 Å². The molecule has 0 saturated heterocycles. The summed E-state index contributed by atoms with van der Waals surface area (Å²) >= 11 is 0. The first kappa shape index (κ1) is 19.9. The summed E-state index contributed by atoms with van der Waals surface area (Å²) in [6, 6.07) is 16.3. The zero-order valence-corrected chi connectivity index (χ0v) is 16.4. The molecule has 3 rings (SSSR count). The zero-order valence-electron chi connectivity index (χ0n) is 16.4. The summed E-state index contributed by atoms with van der Waals surface area (Å²) in [4.78, 5) is 27.0. The number of hydrogen-bond acceptors (Lipinski definition) is 5. The van der Waals surface area contributed by atoms with Gasteiger partial charge in [0.1, 0.15) is 23.1 Å². The van der Waals surface area contributed by atoms with Gasteiger partial charge in [0, 0.05) is 17.2 Å². The molecule has 2 aromatic carbocycles. The molecule has 6 nitrogen and oxygen atoms in total. The summed E-state index contributed by atoms with van der Waals surface area (Å²) in [6.45, 7) is 1.70. The molecule has 0 unspecified atom stereocenters. The van der Waals surface area contributed by atoms with E-state index in [1.165, 1.54) is 7.11 Å². The lowest BCUT2D eigenvalue weighted by Gasteiger charge is -2.27. The van der Waals surface area contributed by atoms with Crippen LogP contribution in [0.4, 0.5) is 0 Å². The predicted octanol–water partition coefficient (Wildman–Crippen LogP) is 3.50. The molecule has 29 heavy (non-hydrogen) atoms. The van der Waals surface area contributed by atoms with Gasteiger partial charge in [-0.15, -0.1) is 0 Å². The number of methoxy groups -OCH3 is 2. The van der Waals surface area contributed by atoms with E-state index in [-0.39, 0.29) is 17.7 Å². The van der Waals surface area contributed by atoms with Crippen molar-refractivity contribution in [2.45, 2.75) is 13.5 Å². The van der Waals surface area contributed by atoms with Crippen molar-refractivity contribution in [2.75, 3.05) is 14.2 Å². The van der Waals surface area contributed by atoms with Crippen molar-refractivity contribution in [2.24, 2.45) is 0 Å². The molecular weight excluding hydrogens is 368 g/mol. The Morgan fingerprint density at radius 1 is 1.03 bits per heavy atom. The Morgan fingerprint density at radius 3 is 2.38 bits per heavy atom. The van der Waals surface area contributed by atoms with Crippen LogP contribution in [-0.4, -0.2) is 30.9 Å². The lowest BCUT2D eigenvalue weighted by molar-refractivity contribution is -0.141. The highest BCUT2D eigenvalue weighted by Gasteiger charge is 2.35. The lowest BCUT2D eigenvalue weighted by atomic mass is 9.93. The van der Waals surface area contributed by atoms with E-state index < -0.39 is 11.8 Å². The number of benzene rings is 2. The number of hydrogen-bond donors (Lipinski definition) is 0. The first-order valence-corrected chi connectivity index (χ1v) is 8.95. The number of imide groups is 1. The van der Waals surface area contributed by atoms with Gasteiger partial charge >= 0.3 is 0 Å². The van der Waals surface area contributed by atoms with Crippen LogP contribution in [0.5, 0.6) is 11.5 Å². The van der Waals surface area contributed by atoms with Crippen molar-refractivity contribution < 1.29 is 19.1 Å². The molecule has 1 aliphatic rings. The maximum atomic E-state index is 13.2. The Hall–Kier alpha value is -3.85. The molecule has 0 aromatic heterocycles. The molecule has 146 valence electrons. The third kappa shape index (κ3) is 3.90. The molecule has 0 radical (unpaired) electrons. The minimum atomic E-state index is -0.585. The number of carbonyl (C=O) groups excluding carboxylic acids is 2. The first-order chi connectivity index (χ1) is 14.0. The average molecular weight is 388 g/mol. The van der Waals surface area contributed by atoms with E-state index in [0.29, 0.717) is 22.6 Å². The maximum absolute atomic E-state index is 13.2. The van der Waals surface area contributed by atoms with Gasteiger partial charge in [-0.05, 0) is 36.3 Å². The second kappa shape index (κ2) is 8.44. The third-order valence-electron chi connectivity index (χ3n) is 4.75. The molecule has 0 fully saturated rings. The quantitative estimate of drug-likeness (QED) is 0.579. The Labute approximate surface area is 169 Å². The molecule has 0 spiro atoms. The smallest absolute Gasteiger partial charge is 0.271 e. The Bertz CT molecular complexity index is 1060. The largest absolute Gasteiger partial charge is 0.497 e. The van der Waals surface area contributed by atoms with E-state index in [9.17, 15) is 14.9 Å². The number of rotatable bonds is 5. The second-order valence-corrected chi connectivity index (χ2v) is 6.46. The predicted molar refractivity (Wildman–Crippen MR) is 108 cm³/mol. The van der Waals surface area contributed by atoms with E-state index in [1.807, 2.05) is 36.4 Å². The van der Waals surface area contributed by atoms with Gasteiger partial charge in [-0.2, -0.15) is 5.26 Å².